The zero-order valence-corrected chi connectivity index (χ0v) is 15.4. The second-order valence-corrected chi connectivity index (χ2v) is 7.67. The Labute approximate surface area is 157 Å². The van der Waals surface area contributed by atoms with E-state index in [1.807, 2.05) is 0 Å². The standard InChI is InChI=1S/C19H18N2O5S/c1-25-19(22)16-6-8-18(9-7-16)27(23,24)21(14-17-5-3-11-26-17)13-15-4-2-10-20-12-15/h2-12H,13-14H2,1H3. The predicted molar refractivity (Wildman–Crippen MR) is 97.2 cm³/mol. The number of hydrogen-bond acceptors (Lipinski definition) is 6. The fraction of sp³-hybridized carbons (Fsp3) is 0.158. The van der Waals surface area contributed by atoms with Gasteiger partial charge in [-0.25, -0.2) is 13.2 Å². The van der Waals surface area contributed by atoms with Gasteiger partial charge in [0.1, 0.15) is 5.76 Å². The van der Waals surface area contributed by atoms with Crippen LogP contribution in [0.25, 0.3) is 0 Å². The van der Waals surface area contributed by atoms with Gasteiger partial charge in [-0.05, 0) is 48.0 Å². The average molecular weight is 386 g/mol. The molecule has 8 heteroatoms. The molecule has 0 saturated heterocycles. The Bertz CT molecular complexity index is 984. The van der Waals surface area contributed by atoms with E-state index >= 15 is 0 Å². The van der Waals surface area contributed by atoms with Crippen molar-refractivity contribution < 1.29 is 22.4 Å². The number of pyridine rings is 1. The summed E-state index contributed by atoms with van der Waals surface area (Å²) in [4.78, 5) is 15.7. The van der Waals surface area contributed by atoms with Gasteiger partial charge < -0.3 is 9.15 Å². The minimum atomic E-state index is -3.83. The first-order valence-corrected chi connectivity index (χ1v) is 9.54. The Morgan fingerprint density at radius 3 is 2.48 bits per heavy atom. The lowest BCUT2D eigenvalue weighted by molar-refractivity contribution is 0.0600. The summed E-state index contributed by atoms with van der Waals surface area (Å²) < 4.78 is 37.6. The van der Waals surface area contributed by atoms with Gasteiger partial charge in [-0.15, -0.1) is 0 Å². The summed E-state index contributed by atoms with van der Waals surface area (Å²) in [5, 5.41) is 0. The van der Waals surface area contributed by atoms with E-state index < -0.39 is 16.0 Å². The average Bonchev–Trinajstić information content (AvgIpc) is 3.21. The van der Waals surface area contributed by atoms with Crippen molar-refractivity contribution in [3.63, 3.8) is 0 Å². The molecule has 27 heavy (non-hydrogen) atoms. The molecule has 0 fully saturated rings. The summed E-state index contributed by atoms with van der Waals surface area (Å²) in [6, 6.07) is 12.6. The lowest BCUT2D eigenvalue weighted by Gasteiger charge is -2.21. The minimum absolute atomic E-state index is 0.0724. The van der Waals surface area contributed by atoms with Crippen LogP contribution in [0.1, 0.15) is 21.7 Å². The summed E-state index contributed by atoms with van der Waals surface area (Å²) in [7, 11) is -2.56. The van der Waals surface area contributed by atoms with E-state index in [2.05, 4.69) is 9.72 Å². The monoisotopic (exact) mass is 386 g/mol. The van der Waals surface area contributed by atoms with Crippen LogP contribution in [0.4, 0.5) is 0 Å². The quantitative estimate of drug-likeness (QED) is 0.580. The molecule has 0 amide bonds. The highest BCUT2D eigenvalue weighted by atomic mass is 32.2. The first-order chi connectivity index (χ1) is 13.0. The highest BCUT2D eigenvalue weighted by Crippen LogP contribution is 2.22. The van der Waals surface area contributed by atoms with Gasteiger partial charge in [0.2, 0.25) is 10.0 Å². The van der Waals surface area contributed by atoms with Gasteiger partial charge in [0, 0.05) is 18.9 Å². The molecule has 0 aliphatic carbocycles. The van der Waals surface area contributed by atoms with Crippen molar-refractivity contribution in [2.45, 2.75) is 18.0 Å². The third-order valence-electron chi connectivity index (χ3n) is 3.91. The highest BCUT2D eigenvalue weighted by Gasteiger charge is 2.26. The van der Waals surface area contributed by atoms with Gasteiger partial charge in [-0.1, -0.05) is 6.07 Å². The van der Waals surface area contributed by atoms with E-state index in [1.54, 1.807) is 36.7 Å². The zero-order chi connectivity index (χ0) is 19.3. The van der Waals surface area contributed by atoms with E-state index in [0.29, 0.717) is 5.76 Å². The molecule has 0 saturated carbocycles. The number of sulfonamides is 1. The highest BCUT2D eigenvalue weighted by molar-refractivity contribution is 7.89. The fourth-order valence-corrected chi connectivity index (χ4v) is 3.92. The molecule has 1 aromatic carbocycles. The third kappa shape index (κ3) is 4.42. The Kier molecular flexibility index (Phi) is 5.68. The van der Waals surface area contributed by atoms with E-state index in [9.17, 15) is 13.2 Å². The predicted octanol–water partition coefficient (Wildman–Crippen LogP) is 2.85. The van der Waals surface area contributed by atoms with Crippen molar-refractivity contribution in [3.8, 4) is 0 Å². The molecule has 0 N–H and O–H groups in total. The van der Waals surface area contributed by atoms with Gasteiger partial charge >= 0.3 is 5.97 Å². The summed E-state index contributed by atoms with van der Waals surface area (Å²) in [5.41, 5.74) is 1.03. The maximum Gasteiger partial charge on any atom is 0.337 e. The van der Waals surface area contributed by atoms with E-state index in [0.717, 1.165) is 5.56 Å². The number of carbonyl (C=O) groups is 1. The van der Waals surface area contributed by atoms with Gasteiger partial charge in [-0.2, -0.15) is 4.31 Å². The maximum absolute atomic E-state index is 13.2. The van der Waals surface area contributed by atoms with Gasteiger partial charge in [0.15, 0.2) is 0 Å². The maximum atomic E-state index is 13.2. The Morgan fingerprint density at radius 1 is 1.11 bits per heavy atom. The molecule has 0 atom stereocenters. The van der Waals surface area contributed by atoms with Crippen LogP contribution in [0.2, 0.25) is 0 Å². The first-order valence-electron chi connectivity index (χ1n) is 8.10. The SMILES string of the molecule is COC(=O)c1ccc(S(=O)(=O)N(Cc2cccnc2)Cc2ccco2)cc1. The molecular formula is C19H18N2O5S. The third-order valence-corrected chi connectivity index (χ3v) is 5.71. The number of benzene rings is 1. The molecule has 0 aliphatic heterocycles. The second kappa shape index (κ2) is 8.15. The number of furan rings is 1. The second-order valence-electron chi connectivity index (χ2n) is 5.73. The number of aromatic nitrogens is 1. The van der Waals surface area contributed by atoms with Crippen molar-refractivity contribution in [2.24, 2.45) is 0 Å². The van der Waals surface area contributed by atoms with Crippen LogP contribution in [-0.2, 0) is 27.8 Å². The van der Waals surface area contributed by atoms with Crippen molar-refractivity contribution in [1.82, 2.24) is 9.29 Å². The number of carbonyl (C=O) groups excluding carboxylic acids is 1. The summed E-state index contributed by atoms with van der Waals surface area (Å²) >= 11 is 0. The normalized spacial score (nSPS) is 11.5. The topological polar surface area (TPSA) is 89.7 Å². The lowest BCUT2D eigenvalue weighted by Crippen LogP contribution is -2.30. The number of ether oxygens (including phenoxy) is 1. The number of esters is 1. The Morgan fingerprint density at radius 2 is 1.89 bits per heavy atom. The molecule has 0 spiro atoms. The van der Waals surface area contributed by atoms with Gasteiger partial charge in [-0.3, -0.25) is 4.98 Å². The molecule has 3 aromatic rings. The first kappa shape index (κ1) is 18.8. The van der Waals surface area contributed by atoms with Crippen LogP contribution < -0.4 is 0 Å². The van der Waals surface area contributed by atoms with Crippen molar-refractivity contribution in [1.29, 1.82) is 0 Å². The number of methoxy groups -OCH3 is 1. The number of nitrogens with zero attached hydrogens (tertiary/aromatic N) is 2. The van der Waals surface area contributed by atoms with Crippen LogP contribution >= 0.6 is 0 Å². The molecule has 0 bridgehead atoms. The largest absolute Gasteiger partial charge is 0.468 e. The van der Waals surface area contributed by atoms with E-state index in [1.165, 1.54) is 41.9 Å². The Hall–Kier alpha value is -2.97. The minimum Gasteiger partial charge on any atom is -0.468 e. The Balaban J connectivity index is 1.92. The van der Waals surface area contributed by atoms with Crippen molar-refractivity contribution in [2.75, 3.05) is 7.11 Å². The van der Waals surface area contributed by atoms with Gasteiger partial charge in [0.05, 0.1) is 30.4 Å². The van der Waals surface area contributed by atoms with Gasteiger partial charge in [0.25, 0.3) is 0 Å². The van der Waals surface area contributed by atoms with Crippen molar-refractivity contribution >= 4 is 16.0 Å². The fourth-order valence-electron chi connectivity index (χ4n) is 2.53. The molecule has 7 nitrogen and oxygen atoms in total. The van der Waals surface area contributed by atoms with Crippen LogP contribution in [0.5, 0.6) is 0 Å². The molecule has 2 aromatic heterocycles. The summed E-state index contributed by atoms with van der Waals surface area (Å²) in [5.74, 6) is -0.00426. The van der Waals surface area contributed by atoms with E-state index in [-0.39, 0.29) is 23.5 Å². The van der Waals surface area contributed by atoms with Crippen molar-refractivity contribution in [3.05, 3.63) is 84.1 Å². The molecule has 0 unspecified atom stereocenters. The molecule has 140 valence electrons. The molecule has 0 radical (unpaired) electrons. The molecular weight excluding hydrogens is 368 g/mol. The summed E-state index contributed by atoms with van der Waals surface area (Å²) in [6.45, 7) is 0.207. The molecule has 0 aliphatic rings. The number of hydrogen-bond donors (Lipinski definition) is 0. The van der Waals surface area contributed by atoms with E-state index in [4.69, 9.17) is 4.42 Å². The molecule has 3 rings (SSSR count). The smallest absolute Gasteiger partial charge is 0.337 e. The lowest BCUT2D eigenvalue weighted by atomic mass is 10.2. The van der Waals surface area contributed by atoms with Crippen LogP contribution in [0.15, 0.2) is 76.5 Å². The van der Waals surface area contributed by atoms with Crippen LogP contribution in [-0.4, -0.2) is 30.8 Å². The van der Waals surface area contributed by atoms with Crippen LogP contribution in [0, 0.1) is 0 Å². The molecule has 2 heterocycles. The summed E-state index contributed by atoms with van der Waals surface area (Å²) in [6.07, 6.45) is 4.74. The number of rotatable bonds is 7. The van der Waals surface area contributed by atoms with Crippen LogP contribution in [0.3, 0.4) is 0 Å². The zero-order valence-electron chi connectivity index (χ0n) is 14.6.